The van der Waals surface area contributed by atoms with E-state index in [2.05, 4.69) is 4.90 Å². The van der Waals surface area contributed by atoms with Crippen molar-refractivity contribution in [3.8, 4) is 0 Å². The van der Waals surface area contributed by atoms with E-state index in [-0.39, 0.29) is 0 Å². The van der Waals surface area contributed by atoms with Gasteiger partial charge in [-0.25, -0.2) is 0 Å². The number of hydrogen-bond donors (Lipinski definition) is 1. The number of aliphatic hydroxyl groups excluding tert-OH is 1. The number of nitrogens with zero attached hydrogens (tertiary/aromatic N) is 1. The molecule has 1 saturated heterocycles. The fourth-order valence-corrected chi connectivity index (χ4v) is 3.24. The minimum absolute atomic E-state index is 0.383. The van der Waals surface area contributed by atoms with E-state index >= 15 is 0 Å². The van der Waals surface area contributed by atoms with Crippen LogP contribution in [0.2, 0.25) is 0 Å². The third-order valence-electron chi connectivity index (χ3n) is 4.28. The Hall–Kier alpha value is -0.0800. The molecule has 0 aromatic rings. The molecule has 2 heteroatoms. The van der Waals surface area contributed by atoms with E-state index < -0.39 is 0 Å². The quantitative estimate of drug-likeness (QED) is 0.775. The number of likely N-dealkylation sites (tertiary alicyclic amines) is 1. The minimum atomic E-state index is 0.383. The van der Waals surface area contributed by atoms with Gasteiger partial charge in [-0.2, -0.15) is 0 Å². The Bertz CT molecular complexity index is 169. The van der Waals surface area contributed by atoms with E-state index in [9.17, 15) is 0 Å². The summed E-state index contributed by atoms with van der Waals surface area (Å²) in [5.74, 6) is 0.801. The second-order valence-electron chi connectivity index (χ2n) is 5.28. The van der Waals surface area contributed by atoms with Crippen LogP contribution < -0.4 is 0 Å². The lowest BCUT2D eigenvalue weighted by Gasteiger charge is -2.39. The molecule has 0 amide bonds. The average molecular weight is 211 g/mol. The van der Waals surface area contributed by atoms with Gasteiger partial charge in [0.05, 0.1) is 0 Å². The first-order valence-electron chi connectivity index (χ1n) is 6.75. The molecule has 88 valence electrons. The van der Waals surface area contributed by atoms with Crippen molar-refractivity contribution in [2.24, 2.45) is 5.92 Å². The number of piperidine rings is 1. The molecule has 0 unspecified atom stereocenters. The fraction of sp³-hybridized carbons (Fsp3) is 1.00. The third kappa shape index (κ3) is 3.18. The molecule has 0 aromatic heterocycles. The highest BCUT2D eigenvalue weighted by molar-refractivity contribution is 4.80. The van der Waals surface area contributed by atoms with Crippen molar-refractivity contribution in [2.45, 2.75) is 57.4 Å². The van der Waals surface area contributed by atoms with Crippen molar-refractivity contribution in [2.75, 3.05) is 19.7 Å². The summed E-state index contributed by atoms with van der Waals surface area (Å²) in [7, 11) is 0. The van der Waals surface area contributed by atoms with Crippen LogP contribution in [-0.2, 0) is 0 Å². The third-order valence-corrected chi connectivity index (χ3v) is 4.28. The van der Waals surface area contributed by atoms with E-state index in [1.54, 1.807) is 0 Å². The van der Waals surface area contributed by atoms with Crippen LogP contribution in [0.5, 0.6) is 0 Å². The summed E-state index contributed by atoms with van der Waals surface area (Å²) < 4.78 is 0. The molecule has 1 aliphatic heterocycles. The summed E-state index contributed by atoms with van der Waals surface area (Å²) >= 11 is 0. The molecule has 0 radical (unpaired) electrons. The number of aliphatic hydroxyl groups is 1. The van der Waals surface area contributed by atoms with Gasteiger partial charge in [0.25, 0.3) is 0 Å². The van der Waals surface area contributed by atoms with E-state index in [1.165, 1.54) is 58.0 Å². The summed E-state index contributed by atoms with van der Waals surface area (Å²) in [6.07, 6.45) is 10.9. The van der Waals surface area contributed by atoms with Gasteiger partial charge in [-0.05, 0) is 51.1 Å². The predicted octanol–water partition coefficient (Wildman–Crippen LogP) is 2.41. The van der Waals surface area contributed by atoms with Gasteiger partial charge in [0, 0.05) is 12.6 Å². The van der Waals surface area contributed by atoms with Crippen molar-refractivity contribution in [3.05, 3.63) is 0 Å². The van der Waals surface area contributed by atoms with Crippen LogP contribution >= 0.6 is 0 Å². The molecule has 0 atom stereocenters. The molecular weight excluding hydrogens is 186 g/mol. The minimum Gasteiger partial charge on any atom is -0.396 e. The first-order chi connectivity index (χ1) is 7.40. The Morgan fingerprint density at radius 2 is 1.60 bits per heavy atom. The molecule has 1 saturated carbocycles. The van der Waals surface area contributed by atoms with Crippen molar-refractivity contribution in [1.29, 1.82) is 0 Å². The van der Waals surface area contributed by atoms with E-state index in [0.29, 0.717) is 6.61 Å². The van der Waals surface area contributed by atoms with E-state index in [1.807, 2.05) is 0 Å². The van der Waals surface area contributed by atoms with Gasteiger partial charge in [0.1, 0.15) is 0 Å². The maximum atomic E-state index is 8.92. The van der Waals surface area contributed by atoms with Crippen LogP contribution in [0, 0.1) is 5.92 Å². The Kier molecular flexibility index (Phi) is 4.45. The molecule has 2 fully saturated rings. The number of rotatable bonds is 3. The van der Waals surface area contributed by atoms with Crippen LogP contribution in [0.1, 0.15) is 51.4 Å². The van der Waals surface area contributed by atoms with Crippen LogP contribution in [0.15, 0.2) is 0 Å². The van der Waals surface area contributed by atoms with Crippen LogP contribution in [0.4, 0.5) is 0 Å². The number of hydrogen-bond acceptors (Lipinski definition) is 2. The van der Waals surface area contributed by atoms with E-state index in [0.717, 1.165) is 18.4 Å². The molecule has 0 aromatic carbocycles. The Morgan fingerprint density at radius 1 is 0.933 bits per heavy atom. The molecule has 2 rings (SSSR count). The summed E-state index contributed by atoms with van der Waals surface area (Å²) in [6, 6.07) is 0.897. The zero-order chi connectivity index (χ0) is 10.5. The largest absolute Gasteiger partial charge is 0.396 e. The SMILES string of the molecule is OCCC1CCN(C2CCCCC2)CC1. The summed E-state index contributed by atoms with van der Waals surface area (Å²) in [5.41, 5.74) is 0. The Labute approximate surface area is 93.7 Å². The van der Waals surface area contributed by atoms with Crippen LogP contribution in [0.3, 0.4) is 0 Å². The highest BCUT2D eigenvalue weighted by Gasteiger charge is 2.25. The molecule has 1 heterocycles. The van der Waals surface area contributed by atoms with Crippen LogP contribution in [-0.4, -0.2) is 35.7 Å². The summed E-state index contributed by atoms with van der Waals surface area (Å²) in [5, 5.41) is 8.92. The molecule has 0 bridgehead atoms. The molecular formula is C13H25NO. The van der Waals surface area contributed by atoms with Gasteiger partial charge in [0.15, 0.2) is 0 Å². The second kappa shape index (κ2) is 5.86. The van der Waals surface area contributed by atoms with Gasteiger partial charge in [-0.3, -0.25) is 0 Å². The smallest absolute Gasteiger partial charge is 0.0433 e. The normalized spacial score (nSPS) is 27.0. The molecule has 1 N–H and O–H groups in total. The van der Waals surface area contributed by atoms with Crippen molar-refractivity contribution in [3.63, 3.8) is 0 Å². The predicted molar refractivity (Wildman–Crippen MR) is 62.9 cm³/mol. The maximum Gasteiger partial charge on any atom is 0.0433 e. The monoisotopic (exact) mass is 211 g/mol. The Balaban J connectivity index is 1.72. The van der Waals surface area contributed by atoms with Crippen molar-refractivity contribution >= 4 is 0 Å². The highest BCUT2D eigenvalue weighted by Crippen LogP contribution is 2.27. The Morgan fingerprint density at radius 3 is 2.20 bits per heavy atom. The van der Waals surface area contributed by atoms with Gasteiger partial charge in [0.2, 0.25) is 0 Å². The summed E-state index contributed by atoms with van der Waals surface area (Å²) in [6.45, 7) is 2.96. The second-order valence-corrected chi connectivity index (χ2v) is 5.28. The van der Waals surface area contributed by atoms with Crippen molar-refractivity contribution < 1.29 is 5.11 Å². The molecule has 2 aliphatic rings. The van der Waals surface area contributed by atoms with E-state index in [4.69, 9.17) is 5.11 Å². The lowest BCUT2D eigenvalue weighted by atomic mass is 9.89. The lowest BCUT2D eigenvalue weighted by Crippen LogP contribution is -2.42. The first kappa shape index (κ1) is 11.4. The zero-order valence-corrected chi connectivity index (χ0v) is 9.83. The van der Waals surface area contributed by atoms with Gasteiger partial charge < -0.3 is 10.0 Å². The van der Waals surface area contributed by atoms with Gasteiger partial charge in [-0.15, -0.1) is 0 Å². The molecule has 2 nitrogen and oxygen atoms in total. The standard InChI is InChI=1S/C13H25NO/c15-11-8-12-6-9-14(10-7-12)13-4-2-1-3-5-13/h12-13,15H,1-11H2. The zero-order valence-electron chi connectivity index (χ0n) is 9.83. The first-order valence-corrected chi connectivity index (χ1v) is 6.75. The maximum absolute atomic E-state index is 8.92. The lowest BCUT2D eigenvalue weighted by molar-refractivity contribution is 0.0975. The van der Waals surface area contributed by atoms with Gasteiger partial charge in [-0.1, -0.05) is 19.3 Å². The fourth-order valence-electron chi connectivity index (χ4n) is 3.24. The summed E-state index contributed by atoms with van der Waals surface area (Å²) in [4.78, 5) is 2.72. The molecule has 1 aliphatic carbocycles. The van der Waals surface area contributed by atoms with Crippen molar-refractivity contribution in [1.82, 2.24) is 4.90 Å². The molecule has 0 spiro atoms. The molecule has 15 heavy (non-hydrogen) atoms. The van der Waals surface area contributed by atoms with Gasteiger partial charge >= 0.3 is 0 Å². The topological polar surface area (TPSA) is 23.5 Å². The van der Waals surface area contributed by atoms with Crippen LogP contribution in [0.25, 0.3) is 0 Å². The highest BCUT2D eigenvalue weighted by atomic mass is 16.3. The average Bonchev–Trinajstić information content (AvgIpc) is 2.32.